The molecule has 3 N–H and O–H groups in total. The number of aromatic amines is 1. The molecule has 0 bridgehead atoms. The van der Waals surface area contributed by atoms with Gasteiger partial charge >= 0.3 is 5.97 Å². The summed E-state index contributed by atoms with van der Waals surface area (Å²) in [4.78, 5) is 38.2. The molecule has 1 amide bonds. The fraction of sp³-hybridized carbons (Fsp3) is 0.400. The van der Waals surface area contributed by atoms with E-state index in [0.717, 1.165) is 11.3 Å². The van der Waals surface area contributed by atoms with Gasteiger partial charge < -0.3 is 25.0 Å². The van der Waals surface area contributed by atoms with Gasteiger partial charge in [-0.1, -0.05) is 22.9 Å². The van der Waals surface area contributed by atoms with E-state index in [0.29, 0.717) is 36.2 Å². The maximum atomic E-state index is 12.8. The lowest BCUT2D eigenvalue weighted by molar-refractivity contribution is 0.0540. The summed E-state index contributed by atoms with van der Waals surface area (Å²) in [6.07, 6.45) is 1.47. The normalized spacial score (nSPS) is 18.0. The topological polar surface area (TPSA) is 162 Å². The number of hydrogen-bond donors (Lipinski definition) is 3. The number of halogens is 1. The first-order valence-corrected chi connectivity index (χ1v) is 11.4. The van der Waals surface area contributed by atoms with Crippen molar-refractivity contribution >= 4 is 39.9 Å². The van der Waals surface area contributed by atoms with Gasteiger partial charge in [0.25, 0.3) is 5.91 Å². The molecule has 1 fully saturated rings. The smallest absolute Gasteiger partial charge is 0.348 e. The molecule has 1 aliphatic rings. The number of ether oxygens (including phenoxy) is 1. The SMILES string of the molecule is CO[C@H]1CN(c2nc(-c3ncnn3C)c(C(=O)O)s2)CC[C@H]1NC(=O)c1[nH]c(C)c(C#N)c1Cl. The van der Waals surface area contributed by atoms with Gasteiger partial charge in [-0.2, -0.15) is 10.4 Å². The van der Waals surface area contributed by atoms with E-state index in [4.69, 9.17) is 16.3 Å². The lowest BCUT2D eigenvalue weighted by Crippen LogP contribution is -2.55. The van der Waals surface area contributed by atoms with Crippen LogP contribution in [0, 0.1) is 18.3 Å². The number of nitrogens with one attached hydrogen (secondary N) is 2. The van der Waals surface area contributed by atoms with Gasteiger partial charge in [-0.25, -0.2) is 19.4 Å². The molecular formula is C20H21ClN8O4S. The number of rotatable bonds is 6. The second-order valence-corrected chi connectivity index (χ2v) is 9.06. The van der Waals surface area contributed by atoms with Crippen LogP contribution >= 0.6 is 22.9 Å². The Balaban J connectivity index is 1.52. The molecule has 178 valence electrons. The van der Waals surface area contributed by atoms with Crippen LogP contribution in [0.4, 0.5) is 5.13 Å². The molecule has 1 saturated heterocycles. The molecule has 3 aromatic rings. The highest BCUT2D eigenvalue weighted by atomic mass is 35.5. The van der Waals surface area contributed by atoms with Crippen molar-refractivity contribution in [3.63, 3.8) is 0 Å². The summed E-state index contributed by atoms with van der Waals surface area (Å²) in [6.45, 7) is 2.57. The average Bonchev–Trinajstić information content (AvgIpc) is 3.50. The van der Waals surface area contributed by atoms with E-state index >= 15 is 0 Å². The molecule has 1 aliphatic heterocycles. The van der Waals surface area contributed by atoms with Gasteiger partial charge in [-0.05, 0) is 13.3 Å². The maximum Gasteiger partial charge on any atom is 0.348 e. The van der Waals surface area contributed by atoms with Crippen LogP contribution in [0.2, 0.25) is 5.02 Å². The first-order valence-electron chi connectivity index (χ1n) is 10.2. The molecule has 4 heterocycles. The number of carbonyl (C=O) groups is 2. The number of H-pyrrole nitrogens is 1. The predicted molar refractivity (Wildman–Crippen MR) is 123 cm³/mol. The van der Waals surface area contributed by atoms with Gasteiger partial charge in [0.15, 0.2) is 11.0 Å². The number of thiazole rings is 1. The highest BCUT2D eigenvalue weighted by Crippen LogP contribution is 2.34. The molecule has 0 aromatic carbocycles. The van der Waals surface area contributed by atoms with Crippen molar-refractivity contribution in [1.82, 2.24) is 30.0 Å². The summed E-state index contributed by atoms with van der Waals surface area (Å²) in [5, 5.41) is 26.4. The van der Waals surface area contributed by atoms with Crippen molar-refractivity contribution in [2.45, 2.75) is 25.5 Å². The summed E-state index contributed by atoms with van der Waals surface area (Å²) in [5.41, 5.74) is 1.14. The number of amides is 1. The van der Waals surface area contributed by atoms with Crippen LogP contribution in [0.25, 0.3) is 11.5 Å². The molecular weight excluding hydrogens is 484 g/mol. The molecule has 3 aromatic heterocycles. The third-order valence-electron chi connectivity index (χ3n) is 5.65. The summed E-state index contributed by atoms with van der Waals surface area (Å²) in [7, 11) is 3.21. The zero-order valence-electron chi connectivity index (χ0n) is 18.5. The number of carboxylic acids is 1. The van der Waals surface area contributed by atoms with E-state index in [1.54, 1.807) is 21.1 Å². The van der Waals surface area contributed by atoms with Crippen molar-refractivity contribution in [2.75, 3.05) is 25.1 Å². The number of carbonyl (C=O) groups excluding carboxylic acids is 1. The molecule has 12 nitrogen and oxygen atoms in total. The van der Waals surface area contributed by atoms with Gasteiger partial charge in [-0.15, -0.1) is 0 Å². The summed E-state index contributed by atoms with van der Waals surface area (Å²) in [5.74, 6) is -1.16. The van der Waals surface area contributed by atoms with E-state index in [2.05, 4.69) is 25.4 Å². The van der Waals surface area contributed by atoms with E-state index in [-0.39, 0.29) is 32.9 Å². The monoisotopic (exact) mass is 504 g/mol. The minimum atomic E-state index is -1.10. The van der Waals surface area contributed by atoms with Crippen LogP contribution in [0.5, 0.6) is 0 Å². The standard InChI is InChI=1S/C20H21ClN8O4S/c1-9-10(6-22)13(21)14(25-9)18(30)26-11-4-5-29(7-12(11)33-3)20-27-15(16(34-20)19(31)32)17-23-8-24-28(17)2/h8,11-12,25H,4-5,7H2,1-3H3,(H,26,30)(H,31,32)/t11-,12+/m1/s1. The Morgan fingerprint density at radius 1 is 1.47 bits per heavy atom. The van der Waals surface area contributed by atoms with Gasteiger partial charge in [-0.3, -0.25) is 4.79 Å². The van der Waals surface area contributed by atoms with Crippen LogP contribution in [0.3, 0.4) is 0 Å². The number of anilines is 1. The van der Waals surface area contributed by atoms with Crippen LogP contribution in [0.15, 0.2) is 6.33 Å². The summed E-state index contributed by atoms with van der Waals surface area (Å²) in [6, 6.07) is 1.66. The molecule has 0 aliphatic carbocycles. The minimum absolute atomic E-state index is 0.0700. The van der Waals surface area contributed by atoms with Crippen LogP contribution < -0.4 is 10.2 Å². The predicted octanol–water partition coefficient (Wildman–Crippen LogP) is 1.82. The highest BCUT2D eigenvalue weighted by Gasteiger charge is 2.34. The number of aromatic nitrogens is 5. The number of piperidine rings is 1. The van der Waals surface area contributed by atoms with Gasteiger partial charge in [0, 0.05) is 32.9 Å². The van der Waals surface area contributed by atoms with Gasteiger partial charge in [0.2, 0.25) is 0 Å². The van der Waals surface area contributed by atoms with Crippen molar-refractivity contribution in [3.05, 3.63) is 33.2 Å². The number of aryl methyl sites for hydroxylation is 2. The fourth-order valence-electron chi connectivity index (χ4n) is 3.87. The van der Waals surface area contributed by atoms with E-state index in [9.17, 15) is 20.0 Å². The Hall–Kier alpha value is -3.47. The molecule has 2 atom stereocenters. The molecule has 0 radical (unpaired) electrons. The minimum Gasteiger partial charge on any atom is -0.477 e. The fourth-order valence-corrected chi connectivity index (χ4v) is 5.12. The average molecular weight is 505 g/mol. The zero-order chi connectivity index (χ0) is 24.6. The number of methoxy groups -OCH3 is 1. The Kier molecular flexibility index (Phi) is 6.56. The largest absolute Gasteiger partial charge is 0.477 e. The van der Waals surface area contributed by atoms with Crippen molar-refractivity contribution in [1.29, 1.82) is 5.26 Å². The second-order valence-electron chi connectivity index (χ2n) is 7.70. The molecule has 34 heavy (non-hydrogen) atoms. The molecule has 14 heteroatoms. The number of aromatic carboxylic acids is 1. The van der Waals surface area contributed by atoms with Crippen molar-refractivity contribution < 1.29 is 19.4 Å². The van der Waals surface area contributed by atoms with E-state index in [1.807, 2.05) is 11.0 Å². The molecule has 0 unspecified atom stereocenters. The lowest BCUT2D eigenvalue weighted by Gasteiger charge is -2.37. The van der Waals surface area contributed by atoms with E-state index in [1.165, 1.54) is 11.0 Å². The Labute approximate surface area is 203 Å². The Morgan fingerprint density at radius 2 is 2.24 bits per heavy atom. The third kappa shape index (κ3) is 4.23. The Bertz CT molecular complexity index is 1290. The molecule has 4 rings (SSSR count). The number of hydrogen-bond acceptors (Lipinski definition) is 9. The third-order valence-corrected chi connectivity index (χ3v) is 7.13. The molecule has 0 saturated carbocycles. The zero-order valence-corrected chi connectivity index (χ0v) is 20.1. The number of nitriles is 1. The summed E-state index contributed by atoms with van der Waals surface area (Å²) < 4.78 is 7.10. The molecule has 0 spiro atoms. The van der Waals surface area contributed by atoms with E-state index < -0.39 is 18.0 Å². The first kappa shape index (κ1) is 23.7. The van der Waals surface area contributed by atoms with Crippen molar-refractivity contribution in [3.8, 4) is 17.6 Å². The second kappa shape index (κ2) is 9.41. The number of carboxylic acid groups (broad SMARTS) is 1. The van der Waals surface area contributed by atoms with Crippen LogP contribution in [-0.4, -0.2) is 74.1 Å². The van der Waals surface area contributed by atoms with Gasteiger partial charge in [0.05, 0.1) is 22.7 Å². The first-order chi connectivity index (χ1) is 16.2. The van der Waals surface area contributed by atoms with Crippen LogP contribution in [0.1, 0.15) is 37.8 Å². The highest BCUT2D eigenvalue weighted by molar-refractivity contribution is 7.17. The maximum absolute atomic E-state index is 12.8. The lowest BCUT2D eigenvalue weighted by atomic mass is 10.0. The quantitative estimate of drug-likeness (QED) is 0.454. The van der Waals surface area contributed by atoms with Crippen LogP contribution in [-0.2, 0) is 11.8 Å². The summed E-state index contributed by atoms with van der Waals surface area (Å²) >= 11 is 7.24. The number of nitrogens with zero attached hydrogens (tertiary/aromatic N) is 6. The van der Waals surface area contributed by atoms with Crippen molar-refractivity contribution in [2.24, 2.45) is 7.05 Å². The van der Waals surface area contributed by atoms with Gasteiger partial charge in [0.1, 0.15) is 28.7 Å². The Morgan fingerprint density at radius 3 is 2.82 bits per heavy atom.